The van der Waals surface area contributed by atoms with Gasteiger partial charge in [0.15, 0.2) is 0 Å². The van der Waals surface area contributed by atoms with Gasteiger partial charge in [-0.2, -0.15) is 0 Å². The smallest absolute Gasteiger partial charge is 0.339 e. The van der Waals surface area contributed by atoms with Crippen LogP contribution in [-0.2, 0) is 14.2 Å². The van der Waals surface area contributed by atoms with E-state index in [4.69, 9.17) is 14.2 Å². The van der Waals surface area contributed by atoms with Crippen LogP contribution in [0.4, 0.5) is 0 Å². The molecule has 6 nitrogen and oxygen atoms in total. The number of hydrogen-bond donors (Lipinski definition) is 0. The number of esters is 3. The summed E-state index contributed by atoms with van der Waals surface area (Å²) in [5.41, 5.74) is 0.425. The first kappa shape index (κ1) is 38.7. The van der Waals surface area contributed by atoms with Crippen LogP contribution in [0.1, 0.15) is 181 Å². The second-order valence-electron chi connectivity index (χ2n) is 12.8. The fourth-order valence-corrected chi connectivity index (χ4v) is 5.00. The molecule has 0 saturated carbocycles. The van der Waals surface area contributed by atoms with Crippen molar-refractivity contribution in [3.63, 3.8) is 0 Å². The molecule has 0 fully saturated rings. The molecule has 6 heteroatoms. The molecule has 246 valence electrons. The highest BCUT2D eigenvalue weighted by Gasteiger charge is 2.22. The molecule has 0 atom stereocenters. The van der Waals surface area contributed by atoms with Gasteiger partial charge in [-0.25, -0.2) is 14.4 Å². The molecule has 0 unspecified atom stereocenters. The topological polar surface area (TPSA) is 78.9 Å². The number of rotatable bonds is 26. The highest BCUT2D eigenvalue weighted by Crippen LogP contribution is 2.18. The van der Waals surface area contributed by atoms with Gasteiger partial charge in [-0.15, -0.1) is 0 Å². The molecule has 0 bridgehead atoms. The summed E-state index contributed by atoms with van der Waals surface area (Å²) in [5, 5.41) is 0. The van der Waals surface area contributed by atoms with Gasteiger partial charge in [0.05, 0.1) is 36.5 Å². The minimum atomic E-state index is -0.610. The predicted octanol–water partition coefficient (Wildman–Crippen LogP) is 10.5. The van der Waals surface area contributed by atoms with Crippen LogP contribution in [0.25, 0.3) is 0 Å². The van der Waals surface area contributed by atoms with E-state index in [0.717, 1.165) is 69.6 Å². The first-order valence-corrected chi connectivity index (χ1v) is 17.4. The van der Waals surface area contributed by atoms with E-state index < -0.39 is 17.9 Å². The lowest BCUT2D eigenvalue weighted by Gasteiger charge is -2.12. The zero-order valence-corrected chi connectivity index (χ0v) is 28.2. The summed E-state index contributed by atoms with van der Waals surface area (Å²) >= 11 is 0. The van der Waals surface area contributed by atoms with Crippen LogP contribution in [0, 0.1) is 11.8 Å². The van der Waals surface area contributed by atoms with Crippen LogP contribution in [-0.4, -0.2) is 37.7 Å². The SMILES string of the molecule is CCCCCCCCOC(=O)c1cc(C(=O)OCCCCCCCC(C)C)ccc1C(=O)OCCCCCCCC(C)C. The van der Waals surface area contributed by atoms with Gasteiger partial charge in [0.25, 0.3) is 0 Å². The lowest BCUT2D eigenvalue weighted by molar-refractivity contribution is 0.0447. The van der Waals surface area contributed by atoms with E-state index in [1.54, 1.807) is 0 Å². The molecule has 0 aromatic heterocycles. The van der Waals surface area contributed by atoms with Crippen LogP contribution < -0.4 is 0 Å². The third-order valence-electron chi connectivity index (χ3n) is 7.74. The Balaban J connectivity index is 2.67. The first-order valence-electron chi connectivity index (χ1n) is 17.4. The molecular weight excluding hydrogens is 540 g/mol. The van der Waals surface area contributed by atoms with Crippen molar-refractivity contribution in [2.45, 2.75) is 150 Å². The normalized spacial score (nSPS) is 11.2. The molecule has 1 aromatic carbocycles. The summed E-state index contributed by atoms with van der Waals surface area (Å²) in [4.78, 5) is 38.8. The summed E-state index contributed by atoms with van der Waals surface area (Å²) in [6, 6.07) is 4.44. The van der Waals surface area contributed by atoms with Gasteiger partial charge in [0, 0.05) is 0 Å². The van der Waals surface area contributed by atoms with Crippen molar-refractivity contribution >= 4 is 17.9 Å². The van der Waals surface area contributed by atoms with Crippen molar-refractivity contribution in [3.05, 3.63) is 34.9 Å². The van der Waals surface area contributed by atoms with Crippen LogP contribution in [0.3, 0.4) is 0 Å². The van der Waals surface area contributed by atoms with Crippen LogP contribution in [0.5, 0.6) is 0 Å². The van der Waals surface area contributed by atoms with E-state index in [2.05, 4.69) is 34.6 Å². The zero-order valence-electron chi connectivity index (χ0n) is 28.2. The van der Waals surface area contributed by atoms with E-state index in [-0.39, 0.29) is 23.3 Å². The van der Waals surface area contributed by atoms with Gasteiger partial charge in [0.1, 0.15) is 0 Å². The van der Waals surface area contributed by atoms with Gasteiger partial charge in [0.2, 0.25) is 0 Å². The average Bonchev–Trinajstić information content (AvgIpc) is 2.98. The molecule has 0 heterocycles. The molecule has 1 aromatic rings. The summed E-state index contributed by atoms with van der Waals surface area (Å²) in [7, 11) is 0. The molecule has 0 spiro atoms. The second-order valence-corrected chi connectivity index (χ2v) is 12.8. The van der Waals surface area contributed by atoms with E-state index in [0.29, 0.717) is 13.2 Å². The van der Waals surface area contributed by atoms with Gasteiger partial charge in [-0.05, 0) is 49.3 Å². The molecular formula is C37H62O6. The Morgan fingerprint density at radius 3 is 1.37 bits per heavy atom. The van der Waals surface area contributed by atoms with Crippen molar-refractivity contribution in [3.8, 4) is 0 Å². The minimum absolute atomic E-state index is 0.0595. The molecule has 0 N–H and O–H groups in total. The average molecular weight is 603 g/mol. The molecule has 0 aliphatic heterocycles. The van der Waals surface area contributed by atoms with Crippen LogP contribution in [0.15, 0.2) is 18.2 Å². The number of carbonyl (C=O) groups is 3. The standard InChI is InChI=1S/C37H62O6/c1-6-7-8-9-14-20-28-43-37(40)34-29-32(35(38)41-26-19-15-10-12-17-22-30(2)3)24-25-33(34)36(39)42-27-21-16-11-13-18-23-31(4)5/h24-25,29-31H,6-23,26-28H2,1-5H3. The van der Waals surface area contributed by atoms with Crippen molar-refractivity contribution in [1.29, 1.82) is 0 Å². The third-order valence-corrected chi connectivity index (χ3v) is 7.74. The van der Waals surface area contributed by atoms with E-state index in [1.165, 1.54) is 76.0 Å². The third kappa shape index (κ3) is 19.5. The summed E-state index contributed by atoms with van der Waals surface area (Å²) in [6.07, 6.45) is 19.7. The quantitative estimate of drug-likeness (QED) is 0.0596. The number of carbonyl (C=O) groups excluding carboxylic acids is 3. The van der Waals surface area contributed by atoms with Gasteiger partial charge >= 0.3 is 17.9 Å². The van der Waals surface area contributed by atoms with Crippen molar-refractivity contribution in [1.82, 2.24) is 0 Å². The number of unbranched alkanes of at least 4 members (excludes halogenated alkanes) is 13. The fourth-order valence-electron chi connectivity index (χ4n) is 5.00. The Kier molecular flexibility index (Phi) is 22.5. The minimum Gasteiger partial charge on any atom is -0.462 e. The Bertz CT molecular complexity index is 891. The number of benzene rings is 1. The zero-order chi connectivity index (χ0) is 31.7. The Morgan fingerprint density at radius 2 is 0.907 bits per heavy atom. The Labute approximate surface area is 263 Å². The molecule has 0 amide bonds. The van der Waals surface area contributed by atoms with Crippen molar-refractivity contribution < 1.29 is 28.6 Å². The van der Waals surface area contributed by atoms with Crippen LogP contribution >= 0.6 is 0 Å². The predicted molar refractivity (Wildman–Crippen MR) is 176 cm³/mol. The highest BCUT2D eigenvalue weighted by atomic mass is 16.5. The lowest BCUT2D eigenvalue weighted by Crippen LogP contribution is -2.17. The largest absolute Gasteiger partial charge is 0.462 e. The summed E-state index contributed by atoms with van der Waals surface area (Å²) in [6.45, 7) is 12.1. The maximum Gasteiger partial charge on any atom is 0.339 e. The van der Waals surface area contributed by atoms with E-state index >= 15 is 0 Å². The fraction of sp³-hybridized carbons (Fsp3) is 0.757. The maximum atomic E-state index is 13.0. The number of hydrogen-bond acceptors (Lipinski definition) is 6. The van der Waals surface area contributed by atoms with Crippen molar-refractivity contribution in [2.75, 3.05) is 19.8 Å². The second kappa shape index (κ2) is 25.0. The van der Waals surface area contributed by atoms with E-state index in [9.17, 15) is 14.4 Å². The van der Waals surface area contributed by atoms with Gasteiger partial charge < -0.3 is 14.2 Å². The molecule has 0 radical (unpaired) electrons. The first-order chi connectivity index (χ1) is 20.8. The Hall–Kier alpha value is -2.37. The molecule has 0 aliphatic carbocycles. The maximum absolute atomic E-state index is 13.0. The molecule has 0 saturated heterocycles. The monoisotopic (exact) mass is 602 g/mol. The van der Waals surface area contributed by atoms with Crippen molar-refractivity contribution in [2.24, 2.45) is 11.8 Å². The van der Waals surface area contributed by atoms with E-state index in [1.807, 2.05) is 0 Å². The highest BCUT2D eigenvalue weighted by molar-refractivity contribution is 6.05. The summed E-state index contributed by atoms with van der Waals surface area (Å²) in [5.74, 6) is -0.205. The summed E-state index contributed by atoms with van der Waals surface area (Å²) < 4.78 is 16.5. The van der Waals surface area contributed by atoms with Gasteiger partial charge in [-0.3, -0.25) is 0 Å². The molecule has 1 rings (SSSR count). The van der Waals surface area contributed by atoms with Gasteiger partial charge in [-0.1, -0.05) is 131 Å². The molecule has 43 heavy (non-hydrogen) atoms. The molecule has 0 aliphatic rings. The lowest BCUT2D eigenvalue weighted by atomic mass is 10.0. The number of ether oxygens (including phenoxy) is 3. The Morgan fingerprint density at radius 1 is 0.512 bits per heavy atom. The van der Waals surface area contributed by atoms with Crippen LogP contribution in [0.2, 0.25) is 0 Å².